The van der Waals surface area contributed by atoms with Crippen molar-refractivity contribution < 1.29 is 19.1 Å². The molecule has 2 amide bonds. The molecule has 3 rings (SSSR count). The van der Waals surface area contributed by atoms with Gasteiger partial charge in [-0.25, -0.2) is 0 Å². The second-order valence-electron chi connectivity index (χ2n) is 5.55. The molecule has 0 unspecified atom stereocenters. The van der Waals surface area contributed by atoms with Crippen molar-refractivity contribution in [3.8, 4) is 5.75 Å². The number of phenols is 1. The van der Waals surface area contributed by atoms with Gasteiger partial charge in [0.1, 0.15) is 22.4 Å². The van der Waals surface area contributed by atoms with E-state index in [9.17, 15) is 14.7 Å². The number of thioether (sulfide) groups is 1. The van der Waals surface area contributed by atoms with Crippen molar-refractivity contribution in [1.29, 1.82) is 0 Å². The molecule has 26 heavy (non-hydrogen) atoms. The van der Waals surface area contributed by atoms with Crippen LogP contribution >= 0.6 is 24.0 Å². The van der Waals surface area contributed by atoms with Crippen LogP contribution in [0.5, 0.6) is 5.75 Å². The van der Waals surface area contributed by atoms with Gasteiger partial charge in [-0.15, -0.1) is 0 Å². The zero-order chi connectivity index (χ0) is 18.5. The topological polar surface area (TPSA) is 82.8 Å². The molecule has 1 aliphatic rings. The van der Waals surface area contributed by atoms with E-state index in [-0.39, 0.29) is 24.1 Å². The number of carbonyl (C=O) groups is 2. The highest BCUT2D eigenvalue weighted by molar-refractivity contribution is 8.26. The number of aromatic hydroxyl groups is 1. The number of nitrogens with one attached hydrogen (secondary N) is 1. The molecule has 0 spiro atoms. The Bertz CT molecular complexity index is 845. The largest absolute Gasteiger partial charge is 0.508 e. The Labute approximate surface area is 159 Å². The summed E-state index contributed by atoms with van der Waals surface area (Å²) in [5, 5.41) is 12.0. The summed E-state index contributed by atoms with van der Waals surface area (Å²) in [6.45, 7) is 0.316. The van der Waals surface area contributed by atoms with E-state index in [4.69, 9.17) is 16.6 Å². The zero-order valence-corrected chi connectivity index (χ0v) is 15.3. The normalized spacial score (nSPS) is 15.7. The Morgan fingerprint density at radius 1 is 1.31 bits per heavy atom. The number of rotatable bonds is 6. The first kappa shape index (κ1) is 18.2. The summed E-state index contributed by atoms with van der Waals surface area (Å²) < 4.78 is 5.55. The average molecular weight is 388 g/mol. The van der Waals surface area contributed by atoms with Crippen molar-refractivity contribution >= 4 is 46.2 Å². The highest BCUT2D eigenvalue weighted by atomic mass is 32.2. The molecule has 0 aliphatic carbocycles. The summed E-state index contributed by atoms with van der Waals surface area (Å²) in [6, 6.07) is 10.3. The summed E-state index contributed by atoms with van der Waals surface area (Å²) in [6.07, 6.45) is 3.76. The molecule has 1 aromatic heterocycles. The van der Waals surface area contributed by atoms with E-state index >= 15 is 0 Å². The van der Waals surface area contributed by atoms with E-state index in [1.165, 1.54) is 11.2 Å². The van der Waals surface area contributed by atoms with E-state index < -0.39 is 0 Å². The second kappa shape index (κ2) is 8.20. The van der Waals surface area contributed by atoms with Gasteiger partial charge < -0.3 is 14.8 Å². The Hall–Kier alpha value is -2.58. The molecule has 2 heterocycles. The number of carbonyl (C=O) groups excluding carboxylic acids is 2. The van der Waals surface area contributed by atoms with Gasteiger partial charge in [0.05, 0.1) is 11.2 Å². The quantitative estimate of drug-likeness (QED) is 0.585. The smallest absolute Gasteiger partial charge is 0.266 e. The monoisotopic (exact) mass is 388 g/mol. The van der Waals surface area contributed by atoms with Gasteiger partial charge >= 0.3 is 0 Å². The molecule has 8 heteroatoms. The molecule has 0 bridgehead atoms. The van der Waals surface area contributed by atoms with E-state index in [0.717, 1.165) is 17.3 Å². The molecule has 1 aromatic carbocycles. The van der Waals surface area contributed by atoms with Crippen molar-refractivity contribution in [2.24, 2.45) is 0 Å². The predicted molar refractivity (Wildman–Crippen MR) is 103 cm³/mol. The van der Waals surface area contributed by atoms with Crippen molar-refractivity contribution in [2.75, 3.05) is 13.1 Å². The lowest BCUT2D eigenvalue weighted by Crippen LogP contribution is -2.40. The molecule has 1 saturated heterocycles. The number of amides is 2. The maximum atomic E-state index is 12.4. The predicted octanol–water partition coefficient (Wildman–Crippen LogP) is 2.55. The fourth-order valence-electron chi connectivity index (χ4n) is 2.35. The Balaban J connectivity index is 1.51. The molecule has 134 valence electrons. The minimum atomic E-state index is -0.301. The van der Waals surface area contributed by atoms with Gasteiger partial charge in [-0.2, -0.15) is 0 Å². The fraction of sp³-hybridized carbons (Fsp3) is 0.167. The van der Waals surface area contributed by atoms with Crippen LogP contribution < -0.4 is 5.32 Å². The van der Waals surface area contributed by atoms with Crippen molar-refractivity contribution in [1.82, 2.24) is 10.2 Å². The minimum Gasteiger partial charge on any atom is -0.508 e. The molecule has 1 aliphatic heterocycles. The lowest BCUT2D eigenvalue weighted by molar-refractivity contribution is -0.128. The van der Waals surface area contributed by atoms with Crippen LogP contribution in [0.25, 0.3) is 6.08 Å². The first-order chi connectivity index (χ1) is 12.5. The van der Waals surface area contributed by atoms with Crippen LogP contribution in [0, 0.1) is 0 Å². The van der Waals surface area contributed by atoms with Crippen LogP contribution in [-0.2, 0) is 16.0 Å². The van der Waals surface area contributed by atoms with Gasteiger partial charge in [0, 0.05) is 12.6 Å². The third kappa shape index (κ3) is 4.53. The maximum absolute atomic E-state index is 12.4. The van der Waals surface area contributed by atoms with Gasteiger partial charge in [-0.05, 0) is 36.2 Å². The van der Waals surface area contributed by atoms with Crippen LogP contribution in [0.2, 0.25) is 0 Å². The number of phenolic OH excluding ortho intramolecular Hbond substituents is 1. The lowest BCUT2D eigenvalue weighted by atomic mass is 10.1. The molecule has 6 nitrogen and oxygen atoms in total. The number of hydrogen-bond acceptors (Lipinski definition) is 6. The molecule has 0 atom stereocenters. The molecular weight excluding hydrogens is 372 g/mol. The standard InChI is InChI=1S/C18H16N2O4S2/c21-13-5-3-12(4-6-13)7-8-19-16(22)11-20-17(23)15(26-18(20)25)10-14-2-1-9-24-14/h1-6,9-10,21H,7-8,11H2,(H,19,22). The lowest BCUT2D eigenvalue weighted by Gasteiger charge is -2.14. The third-order valence-electron chi connectivity index (χ3n) is 3.66. The van der Waals surface area contributed by atoms with Crippen LogP contribution in [0.3, 0.4) is 0 Å². The van der Waals surface area contributed by atoms with Gasteiger partial charge in [-0.1, -0.05) is 36.1 Å². The molecule has 2 aromatic rings. The second-order valence-corrected chi connectivity index (χ2v) is 7.23. The summed E-state index contributed by atoms with van der Waals surface area (Å²) in [4.78, 5) is 26.2. The molecular formula is C18H16N2O4S2. The molecule has 0 saturated carbocycles. The van der Waals surface area contributed by atoms with E-state index in [2.05, 4.69) is 5.32 Å². The third-order valence-corrected chi connectivity index (χ3v) is 5.04. The highest BCUT2D eigenvalue weighted by Gasteiger charge is 2.33. The SMILES string of the molecule is O=C(CN1C(=O)C(=Cc2ccco2)SC1=S)NCCc1ccc(O)cc1. The van der Waals surface area contributed by atoms with Crippen LogP contribution in [0.15, 0.2) is 52.0 Å². The summed E-state index contributed by atoms with van der Waals surface area (Å²) >= 11 is 6.35. The van der Waals surface area contributed by atoms with Crippen molar-refractivity contribution in [3.05, 3.63) is 58.9 Å². The van der Waals surface area contributed by atoms with Gasteiger partial charge in [0.2, 0.25) is 5.91 Å². The Morgan fingerprint density at radius 2 is 2.08 bits per heavy atom. The number of hydrogen-bond donors (Lipinski definition) is 2. The zero-order valence-electron chi connectivity index (χ0n) is 13.7. The Morgan fingerprint density at radius 3 is 2.77 bits per heavy atom. The maximum Gasteiger partial charge on any atom is 0.266 e. The van der Waals surface area contributed by atoms with Crippen molar-refractivity contribution in [3.63, 3.8) is 0 Å². The Kier molecular flexibility index (Phi) is 5.75. The average Bonchev–Trinajstić information content (AvgIpc) is 3.21. The molecule has 1 fully saturated rings. The first-order valence-corrected chi connectivity index (χ1v) is 9.09. The summed E-state index contributed by atoms with van der Waals surface area (Å²) in [5.41, 5.74) is 0.995. The number of nitrogens with zero attached hydrogens (tertiary/aromatic N) is 1. The van der Waals surface area contributed by atoms with Crippen LogP contribution in [-0.4, -0.2) is 39.2 Å². The molecule has 0 radical (unpaired) electrons. The number of thiocarbonyl (C=S) groups is 1. The summed E-state index contributed by atoms with van der Waals surface area (Å²) in [7, 11) is 0. The number of benzene rings is 1. The van der Waals surface area contributed by atoms with Gasteiger partial charge in [-0.3, -0.25) is 14.5 Å². The van der Waals surface area contributed by atoms with E-state index in [0.29, 0.717) is 28.0 Å². The fourth-order valence-corrected chi connectivity index (χ4v) is 3.58. The van der Waals surface area contributed by atoms with Crippen LogP contribution in [0.4, 0.5) is 0 Å². The number of furan rings is 1. The van der Waals surface area contributed by atoms with E-state index in [1.807, 2.05) is 0 Å². The van der Waals surface area contributed by atoms with Gasteiger partial charge in [0.15, 0.2) is 0 Å². The first-order valence-electron chi connectivity index (χ1n) is 7.86. The van der Waals surface area contributed by atoms with Gasteiger partial charge in [0.25, 0.3) is 5.91 Å². The van der Waals surface area contributed by atoms with Crippen molar-refractivity contribution in [2.45, 2.75) is 6.42 Å². The highest BCUT2D eigenvalue weighted by Crippen LogP contribution is 2.32. The minimum absolute atomic E-state index is 0.115. The van der Waals surface area contributed by atoms with Crippen LogP contribution in [0.1, 0.15) is 11.3 Å². The summed E-state index contributed by atoms with van der Waals surface area (Å²) in [5.74, 6) is 0.183. The molecule has 2 N–H and O–H groups in total. The van der Waals surface area contributed by atoms with E-state index in [1.54, 1.807) is 42.5 Å².